The van der Waals surface area contributed by atoms with Crippen molar-refractivity contribution in [2.75, 3.05) is 6.54 Å². The number of halogens is 2. The Balaban J connectivity index is 2.37. The van der Waals surface area contributed by atoms with Crippen molar-refractivity contribution >= 4 is 22.9 Å². The highest BCUT2D eigenvalue weighted by Crippen LogP contribution is 2.32. The standard InChI is InChI=1S/C13H14ClFN2S/c1-2-6-16-12(13-9(14)5-8-18-13)11-10(15)4-3-7-17-11/h3-5,7-8,12,16H,2,6H2,1H3. The van der Waals surface area contributed by atoms with Gasteiger partial charge in [-0.25, -0.2) is 4.39 Å². The van der Waals surface area contributed by atoms with Gasteiger partial charge in [-0.3, -0.25) is 4.98 Å². The molecule has 1 N–H and O–H groups in total. The van der Waals surface area contributed by atoms with Crippen LogP contribution in [0.5, 0.6) is 0 Å². The average Bonchev–Trinajstić information content (AvgIpc) is 2.78. The molecule has 0 radical (unpaired) electrons. The molecule has 0 saturated heterocycles. The summed E-state index contributed by atoms with van der Waals surface area (Å²) in [6.07, 6.45) is 2.56. The third-order valence-corrected chi connectivity index (χ3v) is 3.99. The van der Waals surface area contributed by atoms with E-state index >= 15 is 0 Å². The zero-order valence-electron chi connectivity index (χ0n) is 9.99. The van der Waals surface area contributed by atoms with Gasteiger partial charge >= 0.3 is 0 Å². The van der Waals surface area contributed by atoms with Crippen molar-refractivity contribution in [1.29, 1.82) is 0 Å². The molecule has 96 valence electrons. The van der Waals surface area contributed by atoms with Crippen LogP contribution in [0.3, 0.4) is 0 Å². The molecule has 0 amide bonds. The fourth-order valence-corrected chi connectivity index (χ4v) is 2.97. The molecule has 5 heteroatoms. The summed E-state index contributed by atoms with van der Waals surface area (Å²) in [6, 6.07) is 4.55. The second-order valence-electron chi connectivity index (χ2n) is 3.89. The van der Waals surface area contributed by atoms with E-state index in [-0.39, 0.29) is 11.9 Å². The molecule has 0 saturated carbocycles. The smallest absolute Gasteiger partial charge is 0.146 e. The Hall–Kier alpha value is -0.970. The number of pyridine rings is 1. The first-order chi connectivity index (χ1) is 8.74. The van der Waals surface area contributed by atoms with Crippen LogP contribution in [0.1, 0.15) is 30.0 Å². The largest absolute Gasteiger partial charge is 0.304 e. The zero-order valence-corrected chi connectivity index (χ0v) is 11.6. The SMILES string of the molecule is CCCNC(c1ncccc1F)c1sccc1Cl. The molecule has 0 spiro atoms. The highest BCUT2D eigenvalue weighted by Gasteiger charge is 2.21. The Morgan fingerprint density at radius 1 is 1.50 bits per heavy atom. The molecule has 2 rings (SSSR count). The second kappa shape index (κ2) is 6.27. The lowest BCUT2D eigenvalue weighted by Gasteiger charge is -2.17. The fraction of sp³-hybridized carbons (Fsp3) is 0.308. The van der Waals surface area contributed by atoms with Crippen LogP contribution in [0.4, 0.5) is 4.39 Å². The molecule has 0 fully saturated rings. The van der Waals surface area contributed by atoms with Crippen LogP contribution in [-0.2, 0) is 0 Å². The van der Waals surface area contributed by atoms with Crippen LogP contribution in [0, 0.1) is 5.82 Å². The zero-order chi connectivity index (χ0) is 13.0. The summed E-state index contributed by atoms with van der Waals surface area (Å²) in [5, 5.41) is 5.85. The molecule has 0 aliphatic carbocycles. The van der Waals surface area contributed by atoms with Gasteiger partial charge < -0.3 is 5.32 Å². The van der Waals surface area contributed by atoms with E-state index in [9.17, 15) is 4.39 Å². The minimum atomic E-state index is -0.310. The van der Waals surface area contributed by atoms with Crippen molar-refractivity contribution in [2.24, 2.45) is 0 Å². The van der Waals surface area contributed by atoms with E-state index in [1.807, 2.05) is 11.4 Å². The number of aromatic nitrogens is 1. The Labute approximate surface area is 115 Å². The quantitative estimate of drug-likeness (QED) is 0.897. The monoisotopic (exact) mass is 284 g/mol. The molecule has 2 aromatic heterocycles. The van der Waals surface area contributed by atoms with E-state index in [0.29, 0.717) is 10.7 Å². The summed E-state index contributed by atoms with van der Waals surface area (Å²) in [4.78, 5) is 5.04. The van der Waals surface area contributed by atoms with Crippen LogP contribution in [-0.4, -0.2) is 11.5 Å². The van der Waals surface area contributed by atoms with E-state index in [1.54, 1.807) is 12.3 Å². The first-order valence-electron chi connectivity index (χ1n) is 5.80. The molecule has 2 heterocycles. The van der Waals surface area contributed by atoms with E-state index in [2.05, 4.69) is 17.2 Å². The number of rotatable bonds is 5. The molecule has 2 aromatic rings. The van der Waals surface area contributed by atoms with E-state index in [4.69, 9.17) is 11.6 Å². The Bertz CT molecular complexity index is 515. The van der Waals surface area contributed by atoms with Crippen LogP contribution in [0.25, 0.3) is 0 Å². The summed E-state index contributed by atoms with van der Waals surface area (Å²) in [5.41, 5.74) is 0.398. The molecular weight excluding hydrogens is 271 g/mol. The van der Waals surface area contributed by atoms with Crippen LogP contribution < -0.4 is 5.32 Å². The number of hydrogen-bond donors (Lipinski definition) is 1. The van der Waals surface area contributed by atoms with Crippen LogP contribution in [0.15, 0.2) is 29.8 Å². The Kier molecular flexibility index (Phi) is 4.69. The van der Waals surface area contributed by atoms with Crippen molar-refractivity contribution in [1.82, 2.24) is 10.3 Å². The van der Waals surface area contributed by atoms with E-state index < -0.39 is 0 Å². The lowest BCUT2D eigenvalue weighted by Crippen LogP contribution is -2.24. The summed E-state index contributed by atoms with van der Waals surface area (Å²) in [7, 11) is 0. The molecule has 1 unspecified atom stereocenters. The lowest BCUT2D eigenvalue weighted by molar-refractivity contribution is 0.536. The summed E-state index contributed by atoms with van der Waals surface area (Å²) < 4.78 is 13.8. The van der Waals surface area contributed by atoms with E-state index in [1.165, 1.54) is 17.4 Å². The van der Waals surface area contributed by atoms with E-state index in [0.717, 1.165) is 17.8 Å². The number of nitrogens with zero attached hydrogens (tertiary/aromatic N) is 1. The number of thiophene rings is 1. The first-order valence-corrected chi connectivity index (χ1v) is 7.06. The van der Waals surface area contributed by atoms with Gasteiger partial charge in [0.05, 0.1) is 16.8 Å². The maximum Gasteiger partial charge on any atom is 0.146 e. The summed E-state index contributed by atoms with van der Waals surface area (Å²) in [6.45, 7) is 2.85. The Morgan fingerprint density at radius 2 is 2.33 bits per heavy atom. The molecule has 0 aliphatic heterocycles. The minimum Gasteiger partial charge on any atom is -0.304 e. The highest BCUT2D eigenvalue weighted by atomic mass is 35.5. The highest BCUT2D eigenvalue weighted by molar-refractivity contribution is 7.10. The predicted octanol–water partition coefficient (Wildman–Crippen LogP) is 4.02. The molecule has 18 heavy (non-hydrogen) atoms. The normalized spacial score (nSPS) is 12.6. The van der Waals surface area contributed by atoms with Gasteiger partial charge in [-0.1, -0.05) is 18.5 Å². The lowest BCUT2D eigenvalue weighted by atomic mass is 10.1. The van der Waals surface area contributed by atoms with Gasteiger partial charge in [-0.05, 0) is 36.5 Å². The molecule has 0 aromatic carbocycles. The maximum atomic E-state index is 13.8. The molecular formula is C13H14ClFN2S. The molecule has 1 atom stereocenters. The fourth-order valence-electron chi connectivity index (χ4n) is 1.72. The van der Waals surface area contributed by atoms with Crippen molar-refractivity contribution in [3.05, 3.63) is 51.2 Å². The second-order valence-corrected chi connectivity index (χ2v) is 5.25. The van der Waals surface area contributed by atoms with Gasteiger partial charge in [0.2, 0.25) is 0 Å². The van der Waals surface area contributed by atoms with Gasteiger partial charge in [0, 0.05) is 11.1 Å². The minimum absolute atomic E-state index is 0.279. The average molecular weight is 285 g/mol. The van der Waals surface area contributed by atoms with Crippen molar-refractivity contribution in [3.63, 3.8) is 0 Å². The molecule has 0 aliphatic rings. The van der Waals surface area contributed by atoms with Crippen molar-refractivity contribution < 1.29 is 4.39 Å². The van der Waals surface area contributed by atoms with Gasteiger partial charge in [-0.15, -0.1) is 11.3 Å². The topological polar surface area (TPSA) is 24.9 Å². The third kappa shape index (κ3) is 2.88. The summed E-state index contributed by atoms with van der Waals surface area (Å²) >= 11 is 7.65. The van der Waals surface area contributed by atoms with Gasteiger partial charge in [-0.2, -0.15) is 0 Å². The van der Waals surface area contributed by atoms with Gasteiger partial charge in [0.25, 0.3) is 0 Å². The van der Waals surface area contributed by atoms with Crippen LogP contribution in [0.2, 0.25) is 5.02 Å². The third-order valence-electron chi connectivity index (χ3n) is 2.57. The van der Waals surface area contributed by atoms with Crippen molar-refractivity contribution in [3.8, 4) is 0 Å². The Morgan fingerprint density at radius 3 is 2.94 bits per heavy atom. The summed E-state index contributed by atoms with van der Waals surface area (Å²) in [5.74, 6) is -0.310. The van der Waals surface area contributed by atoms with Gasteiger partial charge in [0.15, 0.2) is 0 Å². The van der Waals surface area contributed by atoms with Crippen molar-refractivity contribution in [2.45, 2.75) is 19.4 Å². The molecule has 2 nitrogen and oxygen atoms in total. The van der Waals surface area contributed by atoms with Crippen LogP contribution >= 0.6 is 22.9 Å². The predicted molar refractivity (Wildman–Crippen MR) is 73.7 cm³/mol. The maximum absolute atomic E-state index is 13.8. The van der Waals surface area contributed by atoms with Gasteiger partial charge in [0.1, 0.15) is 5.82 Å². The molecule has 0 bridgehead atoms. The number of nitrogens with one attached hydrogen (secondary N) is 1. The number of hydrogen-bond acceptors (Lipinski definition) is 3. The first kappa shape index (κ1) is 13.5.